The molecule has 1 amide bonds. The maximum absolute atomic E-state index is 12.1. The summed E-state index contributed by atoms with van der Waals surface area (Å²) in [4.78, 5) is 10.1. The molecular formula is C13H12F11N2O3S+. The van der Waals surface area contributed by atoms with Crippen LogP contribution in [0.1, 0.15) is 12.5 Å². The molecule has 174 valence electrons. The van der Waals surface area contributed by atoms with Crippen LogP contribution >= 0.6 is 0 Å². The van der Waals surface area contributed by atoms with Gasteiger partial charge in [-0.3, -0.25) is 4.79 Å². The van der Waals surface area contributed by atoms with Crippen LogP contribution in [0.3, 0.4) is 0 Å². The van der Waals surface area contributed by atoms with Crippen LogP contribution in [-0.4, -0.2) is 38.1 Å². The number of nitrogens with zero attached hydrogens (tertiary/aromatic N) is 1. The molecule has 0 radical (unpaired) electrons. The third kappa shape index (κ3) is 8.27. The highest BCUT2D eigenvalue weighted by Crippen LogP contribution is 2.36. The van der Waals surface area contributed by atoms with Crippen molar-refractivity contribution in [2.75, 3.05) is 0 Å². The quantitative estimate of drug-likeness (QED) is 0.526. The zero-order valence-electron chi connectivity index (χ0n) is 14.5. The van der Waals surface area contributed by atoms with Crippen molar-refractivity contribution in [2.45, 2.75) is 43.7 Å². The predicted octanol–water partition coefficient (Wildman–Crippen LogP) is 3.25. The van der Waals surface area contributed by atoms with Gasteiger partial charge in [0.25, 0.3) is 0 Å². The first-order valence-corrected chi connectivity index (χ1v) is 8.75. The van der Waals surface area contributed by atoms with Gasteiger partial charge >= 0.3 is 39.7 Å². The smallest absolute Gasteiger partial charge is 0.267 e. The van der Waals surface area contributed by atoms with Gasteiger partial charge < -0.3 is 0 Å². The highest BCUT2D eigenvalue weighted by Gasteiger charge is 2.65. The van der Waals surface area contributed by atoms with E-state index in [4.69, 9.17) is 0 Å². The Kier molecular flexibility index (Phi) is 8.62. The molecule has 0 bridgehead atoms. The second kappa shape index (κ2) is 9.30. The number of aromatic nitrogens is 1. The van der Waals surface area contributed by atoms with E-state index in [1.54, 1.807) is 6.07 Å². The van der Waals surface area contributed by atoms with Gasteiger partial charge in [-0.05, 0) is 12.5 Å². The summed E-state index contributed by atoms with van der Waals surface area (Å²) in [6.45, 7) is 0.994. The van der Waals surface area contributed by atoms with E-state index in [1.165, 1.54) is 12.4 Å². The second-order valence-corrected chi connectivity index (χ2v) is 6.98. The normalized spacial score (nSPS) is 13.3. The second-order valence-electron chi connectivity index (χ2n) is 5.31. The summed E-state index contributed by atoms with van der Waals surface area (Å²) in [5.41, 5.74) is -5.28. The summed E-state index contributed by atoms with van der Waals surface area (Å²) in [6.07, 6.45) is -6.96. The molecule has 0 aliphatic carbocycles. The fraction of sp³-hybridized carbons (Fsp3) is 0.538. The van der Waals surface area contributed by atoms with E-state index in [-0.39, 0.29) is 0 Å². The van der Waals surface area contributed by atoms with Gasteiger partial charge in [0.1, 0.15) is 0 Å². The fourth-order valence-corrected chi connectivity index (χ4v) is 1.95. The maximum Gasteiger partial charge on any atom is 0.516 e. The lowest BCUT2D eigenvalue weighted by Crippen LogP contribution is -2.54. The molecule has 0 aliphatic rings. The van der Waals surface area contributed by atoms with Crippen LogP contribution in [0.25, 0.3) is 0 Å². The molecule has 1 heterocycles. The van der Waals surface area contributed by atoms with Crippen molar-refractivity contribution < 1.29 is 66.1 Å². The molecule has 0 spiro atoms. The lowest BCUT2D eigenvalue weighted by Gasteiger charge is -2.18. The molecule has 0 aliphatic heterocycles. The van der Waals surface area contributed by atoms with Crippen molar-refractivity contribution in [1.29, 1.82) is 0 Å². The van der Waals surface area contributed by atoms with Crippen molar-refractivity contribution in [3.8, 4) is 0 Å². The molecule has 0 aromatic carbocycles. The molecule has 1 rings (SSSR count). The number of nitrogens with one attached hydrogen (secondary N) is 1. The van der Waals surface area contributed by atoms with E-state index in [2.05, 4.69) is 0 Å². The Bertz CT molecular complexity index is 830. The fourth-order valence-electron chi connectivity index (χ4n) is 1.46. The van der Waals surface area contributed by atoms with Gasteiger partial charge in [-0.2, -0.15) is 61.3 Å². The average molecular weight is 485 g/mol. The molecule has 0 atom stereocenters. The zero-order chi connectivity index (χ0) is 24.2. The zero-order valence-corrected chi connectivity index (χ0v) is 15.3. The number of hydrogen-bond acceptors (Lipinski definition) is 3. The van der Waals surface area contributed by atoms with Crippen molar-refractivity contribution in [3.63, 3.8) is 0 Å². The number of carbonyl (C=O) groups excluding carboxylic acids is 1. The van der Waals surface area contributed by atoms with E-state index in [1.807, 2.05) is 13.0 Å². The van der Waals surface area contributed by atoms with E-state index in [9.17, 15) is 61.5 Å². The molecule has 17 heteroatoms. The number of amides is 1. The molecular weight excluding hydrogens is 473 g/mol. The van der Waals surface area contributed by atoms with E-state index >= 15 is 0 Å². The van der Waals surface area contributed by atoms with Gasteiger partial charge in [0, 0.05) is 11.6 Å². The van der Waals surface area contributed by atoms with Crippen LogP contribution < -0.4 is 9.29 Å². The van der Waals surface area contributed by atoms with Crippen LogP contribution in [0, 0.1) is 0 Å². The third-order valence-electron chi connectivity index (χ3n) is 2.86. The summed E-state index contributed by atoms with van der Waals surface area (Å²) < 4.78 is 150. The highest BCUT2D eigenvalue weighted by molar-refractivity contribution is 7.90. The summed E-state index contributed by atoms with van der Waals surface area (Å²) in [5.74, 6) is -9.90. The van der Waals surface area contributed by atoms with Crippen LogP contribution in [0.4, 0.5) is 48.3 Å². The van der Waals surface area contributed by atoms with Crippen LogP contribution in [0.5, 0.6) is 0 Å². The summed E-state index contributed by atoms with van der Waals surface area (Å²) in [7, 11) is -6.62. The topological polar surface area (TPSA) is 67.1 Å². The Hall–Kier alpha value is -2.20. The van der Waals surface area contributed by atoms with Gasteiger partial charge in [0.2, 0.25) is 6.54 Å². The molecule has 30 heavy (non-hydrogen) atoms. The van der Waals surface area contributed by atoms with Crippen molar-refractivity contribution in [1.82, 2.24) is 4.72 Å². The molecule has 0 saturated carbocycles. The first-order valence-electron chi connectivity index (χ1n) is 7.27. The lowest BCUT2D eigenvalue weighted by molar-refractivity contribution is -0.719. The number of carbonyl (C=O) groups is 1. The number of hydrogen-bond donors (Lipinski definition) is 1. The number of sulfonamides is 1. The Morgan fingerprint density at radius 3 is 1.87 bits per heavy atom. The Balaban J connectivity index is 0.000000579. The minimum Gasteiger partial charge on any atom is -0.267 e. The van der Waals surface area contributed by atoms with Gasteiger partial charge in [-0.25, -0.2) is 4.72 Å². The molecule has 1 N–H and O–H groups in total. The van der Waals surface area contributed by atoms with Crippen LogP contribution in [0.15, 0.2) is 24.5 Å². The summed E-state index contributed by atoms with van der Waals surface area (Å²) in [6, 6.07) is 3.44. The molecule has 0 saturated heterocycles. The SMILES string of the molecule is CCc1ccc[n+](CC(F)(F)F)c1.O=C(NS(=O)(=O)C(F)(F)F)C(F)(F)C(F)(F)F. The standard InChI is InChI=1S/C9H11F3N.C4HF8NO3S/c1-2-8-4-3-5-13(6-8)7-9(10,11)12;5-2(6,3(7,8)9)1(14)13-17(15,16)4(10,11)12/h3-6H,2,7H2,1H3;(H,13,14)/q+1;. The van der Waals surface area contributed by atoms with Crippen molar-refractivity contribution >= 4 is 15.9 Å². The highest BCUT2D eigenvalue weighted by atomic mass is 32.2. The van der Waals surface area contributed by atoms with Crippen molar-refractivity contribution in [3.05, 3.63) is 30.1 Å². The Morgan fingerprint density at radius 1 is 1.00 bits per heavy atom. The largest absolute Gasteiger partial charge is 0.516 e. The monoisotopic (exact) mass is 485 g/mol. The number of halogens is 11. The van der Waals surface area contributed by atoms with Gasteiger partial charge in [-0.1, -0.05) is 6.92 Å². The van der Waals surface area contributed by atoms with Gasteiger partial charge in [0.15, 0.2) is 12.4 Å². The summed E-state index contributed by atoms with van der Waals surface area (Å²) >= 11 is 0. The maximum atomic E-state index is 12.1. The minimum absolute atomic E-state index is 0.419. The Morgan fingerprint density at radius 2 is 1.50 bits per heavy atom. The molecule has 0 fully saturated rings. The lowest BCUT2D eigenvalue weighted by atomic mass is 10.2. The van der Waals surface area contributed by atoms with E-state index in [0.717, 1.165) is 16.6 Å². The number of pyridine rings is 1. The molecule has 1 aromatic rings. The first kappa shape index (κ1) is 27.8. The van der Waals surface area contributed by atoms with Crippen LogP contribution in [0.2, 0.25) is 0 Å². The molecule has 1 aromatic heterocycles. The molecule has 0 unspecified atom stereocenters. The Labute approximate surface area is 161 Å². The summed E-state index contributed by atoms with van der Waals surface area (Å²) in [5, 5.41) is 0. The first-order chi connectivity index (χ1) is 13.1. The van der Waals surface area contributed by atoms with Gasteiger partial charge in [-0.15, -0.1) is 0 Å². The predicted molar refractivity (Wildman–Crippen MR) is 76.2 cm³/mol. The van der Waals surface area contributed by atoms with Gasteiger partial charge in [0.05, 0.1) is 0 Å². The van der Waals surface area contributed by atoms with E-state index < -0.39 is 51.0 Å². The average Bonchev–Trinajstić information content (AvgIpc) is 2.51. The van der Waals surface area contributed by atoms with Crippen LogP contribution in [-0.2, 0) is 27.8 Å². The number of alkyl halides is 11. The number of aryl methyl sites for hydroxylation is 1. The molecule has 5 nitrogen and oxygen atoms in total. The third-order valence-corrected chi connectivity index (χ3v) is 3.93. The minimum atomic E-state index is -6.62. The van der Waals surface area contributed by atoms with E-state index in [0.29, 0.717) is 0 Å². The van der Waals surface area contributed by atoms with Crippen molar-refractivity contribution in [2.24, 2.45) is 0 Å². The number of rotatable bonds is 4.